The van der Waals surface area contributed by atoms with Gasteiger partial charge in [0.05, 0.1) is 16.5 Å². The molecule has 1 saturated heterocycles. The van der Waals surface area contributed by atoms with Gasteiger partial charge in [-0.05, 0) is 61.4 Å². The zero-order valence-corrected chi connectivity index (χ0v) is 19.0. The van der Waals surface area contributed by atoms with Crippen LogP contribution in [0.25, 0.3) is 16.6 Å². The highest BCUT2D eigenvalue weighted by Crippen LogP contribution is 2.54. The minimum Gasteiger partial charge on any atom is -0.483 e. The number of fused-ring (bicyclic) bond motifs is 1. The summed E-state index contributed by atoms with van der Waals surface area (Å²) in [6.45, 7) is 0.983. The van der Waals surface area contributed by atoms with E-state index in [9.17, 15) is 17.6 Å². The van der Waals surface area contributed by atoms with Crippen LogP contribution in [-0.4, -0.2) is 35.5 Å². The van der Waals surface area contributed by atoms with E-state index in [2.05, 4.69) is 4.57 Å². The number of ether oxygens (including phenoxy) is 1. The van der Waals surface area contributed by atoms with E-state index in [1.54, 1.807) is 12.1 Å². The fraction of sp³-hybridized carbons (Fsp3) is 0.400. The topological polar surface area (TPSA) is 51.5 Å². The van der Waals surface area contributed by atoms with Crippen LogP contribution in [0.5, 0.6) is 0 Å². The number of nitrogens with zero attached hydrogens (tertiary/aromatic N) is 1. The molecule has 1 N–H and O–H groups in total. The van der Waals surface area contributed by atoms with Crippen LogP contribution in [0.3, 0.4) is 0 Å². The quantitative estimate of drug-likeness (QED) is 0.311. The fourth-order valence-electron chi connectivity index (χ4n) is 5.11. The molecule has 1 aliphatic carbocycles. The van der Waals surface area contributed by atoms with Gasteiger partial charge in [0, 0.05) is 35.9 Å². The molecule has 1 aromatic heterocycles. The lowest BCUT2D eigenvalue weighted by Gasteiger charge is -2.38. The van der Waals surface area contributed by atoms with E-state index in [-0.39, 0.29) is 36.2 Å². The van der Waals surface area contributed by atoms with Crippen molar-refractivity contribution >= 4 is 29.0 Å². The first-order chi connectivity index (χ1) is 16.3. The van der Waals surface area contributed by atoms with Crippen LogP contribution in [0.1, 0.15) is 48.8 Å². The molecule has 1 aliphatic heterocycles. The van der Waals surface area contributed by atoms with Crippen LogP contribution in [-0.2, 0) is 9.53 Å². The highest BCUT2D eigenvalue weighted by molar-refractivity contribution is 6.30. The Morgan fingerprint density at radius 2 is 1.71 bits per heavy atom. The summed E-state index contributed by atoms with van der Waals surface area (Å²) >= 11 is 6.10. The highest BCUT2D eigenvalue weighted by Gasteiger charge is 2.49. The molecule has 0 atom stereocenters. The Morgan fingerprint density at radius 1 is 1.06 bits per heavy atom. The molecule has 3 aromatic rings. The molecule has 0 unspecified atom stereocenters. The van der Waals surface area contributed by atoms with E-state index >= 15 is 0 Å². The van der Waals surface area contributed by atoms with Gasteiger partial charge in [-0.2, -0.15) is 13.2 Å². The molecule has 0 amide bonds. The first-order valence-corrected chi connectivity index (χ1v) is 11.4. The van der Waals surface area contributed by atoms with E-state index in [1.165, 1.54) is 6.07 Å². The third kappa shape index (κ3) is 4.66. The number of carboxylic acid groups (broad SMARTS) is 1. The van der Waals surface area contributed by atoms with Gasteiger partial charge >= 0.3 is 6.18 Å². The van der Waals surface area contributed by atoms with Crippen molar-refractivity contribution in [1.29, 1.82) is 0 Å². The second kappa shape index (κ2) is 9.96. The molecular formula is C25H24ClF4NO3. The van der Waals surface area contributed by atoms with Gasteiger partial charge in [-0.1, -0.05) is 29.8 Å². The average Bonchev–Trinajstić information content (AvgIpc) is 3.10. The maximum Gasteiger partial charge on any atom is 0.391 e. The van der Waals surface area contributed by atoms with Gasteiger partial charge in [0.25, 0.3) is 6.47 Å². The standard InChI is InChI=1S/C24H22ClF4NO.CH2O2/c25-19-13-17(5-6-20(19)26)30-21-4-2-1-3-18(21)22(15-11-16(12-15)24(27,28)29)23(30)14-7-9-31-10-8-14;2-1-3/h1-6,13-16H,7-12H2;1H,(H,2,3). The molecule has 2 heterocycles. The molecule has 9 heteroatoms. The predicted octanol–water partition coefficient (Wildman–Crippen LogP) is 7.07. The van der Waals surface area contributed by atoms with E-state index in [4.69, 9.17) is 26.2 Å². The van der Waals surface area contributed by atoms with Crippen molar-refractivity contribution in [3.8, 4) is 5.69 Å². The second-order valence-electron chi connectivity index (χ2n) is 8.65. The third-order valence-corrected chi connectivity index (χ3v) is 7.02. The Hall–Kier alpha value is -2.58. The number of para-hydroxylation sites is 1. The normalized spacial score (nSPS) is 21.0. The maximum absolute atomic E-state index is 13.9. The summed E-state index contributed by atoms with van der Waals surface area (Å²) in [5.74, 6) is -1.74. The van der Waals surface area contributed by atoms with Crippen molar-refractivity contribution in [3.05, 3.63) is 64.6 Å². The summed E-state index contributed by atoms with van der Waals surface area (Å²) in [6, 6.07) is 12.4. The van der Waals surface area contributed by atoms with Gasteiger partial charge in [0.1, 0.15) is 5.82 Å². The third-order valence-electron chi connectivity index (χ3n) is 6.73. The van der Waals surface area contributed by atoms with Gasteiger partial charge in [-0.3, -0.25) is 4.79 Å². The minimum atomic E-state index is -4.15. The summed E-state index contributed by atoms with van der Waals surface area (Å²) in [5.41, 5.74) is 3.67. The molecule has 4 nitrogen and oxygen atoms in total. The van der Waals surface area contributed by atoms with Crippen LogP contribution in [0.2, 0.25) is 5.02 Å². The van der Waals surface area contributed by atoms with Crippen molar-refractivity contribution in [1.82, 2.24) is 4.57 Å². The Bertz CT molecular complexity index is 1160. The largest absolute Gasteiger partial charge is 0.483 e. The monoisotopic (exact) mass is 497 g/mol. The minimum absolute atomic E-state index is 0.0236. The van der Waals surface area contributed by atoms with Crippen LogP contribution in [0, 0.1) is 11.7 Å². The predicted molar refractivity (Wildman–Crippen MR) is 121 cm³/mol. The fourth-order valence-corrected chi connectivity index (χ4v) is 5.29. The molecular weight excluding hydrogens is 474 g/mol. The second-order valence-corrected chi connectivity index (χ2v) is 9.06. The van der Waals surface area contributed by atoms with Crippen LogP contribution < -0.4 is 0 Å². The first-order valence-electron chi connectivity index (χ1n) is 11.1. The summed E-state index contributed by atoms with van der Waals surface area (Å²) in [7, 11) is 0. The Balaban J connectivity index is 0.000000868. The van der Waals surface area contributed by atoms with Crippen molar-refractivity contribution < 1.29 is 32.2 Å². The number of aromatic nitrogens is 1. The number of carbonyl (C=O) groups is 1. The van der Waals surface area contributed by atoms with Crippen LogP contribution in [0.15, 0.2) is 42.5 Å². The molecule has 2 aromatic carbocycles. The number of rotatable bonds is 3. The van der Waals surface area contributed by atoms with Crippen molar-refractivity contribution in [2.24, 2.45) is 5.92 Å². The molecule has 2 aliphatic rings. The smallest absolute Gasteiger partial charge is 0.391 e. The zero-order chi connectivity index (χ0) is 24.5. The number of hydrogen-bond acceptors (Lipinski definition) is 2. The van der Waals surface area contributed by atoms with Gasteiger partial charge in [0.2, 0.25) is 0 Å². The highest BCUT2D eigenvalue weighted by atomic mass is 35.5. The van der Waals surface area contributed by atoms with Crippen molar-refractivity contribution in [3.63, 3.8) is 0 Å². The lowest BCUT2D eigenvalue weighted by atomic mass is 9.69. The molecule has 5 rings (SSSR count). The van der Waals surface area contributed by atoms with Crippen molar-refractivity contribution in [2.75, 3.05) is 13.2 Å². The van der Waals surface area contributed by atoms with Gasteiger partial charge in [-0.25, -0.2) is 4.39 Å². The molecule has 2 fully saturated rings. The van der Waals surface area contributed by atoms with E-state index < -0.39 is 17.9 Å². The Morgan fingerprint density at radius 3 is 2.32 bits per heavy atom. The maximum atomic E-state index is 13.9. The average molecular weight is 498 g/mol. The number of halogens is 5. The first kappa shape index (κ1) is 24.5. The molecule has 0 spiro atoms. The SMILES string of the molecule is Fc1ccc(-n2c(C3CCOCC3)c(C3CC(C(F)(F)F)C3)c3ccccc32)cc1Cl.O=CO. The number of hydrogen-bond donors (Lipinski definition) is 1. The van der Waals surface area contributed by atoms with E-state index in [0.29, 0.717) is 13.2 Å². The van der Waals surface area contributed by atoms with Crippen molar-refractivity contribution in [2.45, 2.75) is 43.7 Å². The molecule has 34 heavy (non-hydrogen) atoms. The Kier molecular flexibility index (Phi) is 7.19. The number of benzene rings is 2. The van der Waals surface area contributed by atoms with Gasteiger partial charge in [0.15, 0.2) is 0 Å². The molecule has 0 radical (unpaired) electrons. The summed E-state index contributed by atoms with van der Waals surface area (Å²) in [4.78, 5) is 8.36. The lowest BCUT2D eigenvalue weighted by molar-refractivity contribution is -0.197. The molecule has 0 bridgehead atoms. The summed E-state index contributed by atoms with van der Waals surface area (Å²) in [5, 5.41) is 7.88. The zero-order valence-electron chi connectivity index (χ0n) is 18.2. The number of alkyl halides is 3. The van der Waals surface area contributed by atoms with Gasteiger partial charge < -0.3 is 14.4 Å². The molecule has 182 valence electrons. The molecule has 1 saturated carbocycles. The van der Waals surface area contributed by atoms with Crippen LogP contribution >= 0.6 is 11.6 Å². The summed E-state index contributed by atoms with van der Waals surface area (Å²) < 4.78 is 61.2. The van der Waals surface area contributed by atoms with E-state index in [0.717, 1.165) is 40.7 Å². The lowest BCUT2D eigenvalue weighted by Crippen LogP contribution is -2.35. The van der Waals surface area contributed by atoms with Crippen LogP contribution in [0.4, 0.5) is 17.6 Å². The Labute approximate surface area is 199 Å². The van der Waals surface area contributed by atoms with Gasteiger partial charge in [-0.15, -0.1) is 0 Å². The van der Waals surface area contributed by atoms with E-state index in [1.807, 2.05) is 24.3 Å². The summed E-state index contributed by atoms with van der Waals surface area (Å²) in [6.07, 6.45) is -2.34.